The number of aryl methyl sites for hydroxylation is 1. The molecule has 2 aliphatic rings. The summed E-state index contributed by atoms with van der Waals surface area (Å²) in [6.07, 6.45) is 16.9. The first kappa shape index (κ1) is 19.6. The maximum Gasteiger partial charge on any atom is 0.172 e. The van der Waals surface area contributed by atoms with Gasteiger partial charge in [0.15, 0.2) is 11.6 Å². The lowest BCUT2D eigenvalue weighted by molar-refractivity contribution is 0.329. The molecule has 3 rings (SSSR count). The van der Waals surface area contributed by atoms with Crippen LogP contribution in [0.4, 0.5) is 0 Å². The summed E-state index contributed by atoms with van der Waals surface area (Å²) < 4.78 is 1.63. The van der Waals surface area contributed by atoms with Crippen molar-refractivity contribution in [3.05, 3.63) is 77.8 Å². The highest BCUT2D eigenvalue weighted by atomic mass is 16.3. The van der Waals surface area contributed by atoms with Crippen molar-refractivity contribution in [2.75, 3.05) is 6.61 Å². The Hall–Kier alpha value is -3.12. The molecule has 6 heteroatoms. The molecule has 1 aliphatic heterocycles. The van der Waals surface area contributed by atoms with E-state index in [1.54, 1.807) is 17.8 Å². The molecule has 0 amide bonds. The number of aromatic nitrogens is 2. The van der Waals surface area contributed by atoms with Crippen molar-refractivity contribution in [1.82, 2.24) is 15.1 Å². The van der Waals surface area contributed by atoms with Gasteiger partial charge in [-0.1, -0.05) is 49.1 Å². The van der Waals surface area contributed by atoms with Gasteiger partial charge in [0.1, 0.15) is 11.4 Å². The maximum atomic E-state index is 11.0. The fourth-order valence-corrected chi connectivity index (χ4v) is 3.17. The van der Waals surface area contributed by atoms with Gasteiger partial charge in [0.25, 0.3) is 0 Å². The van der Waals surface area contributed by atoms with Crippen molar-refractivity contribution in [1.29, 1.82) is 0 Å². The summed E-state index contributed by atoms with van der Waals surface area (Å²) >= 11 is 0. The van der Waals surface area contributed by atoms with Crippen molar-refractivity contribution in [3.63, 3.8) is 0 Å². The summed E-state index contributed by atoms with van der Waals surface area (Å²) in [5.74, 6) is 0.563. The zero-order chi connectivity index (χ0) is 20.1. The first-order valence-electron chi connectivity index (χ1n) is 9.29. The number of hydrogen-bond acceptors (Lipinski definition) is 5. The smallest absolute Gasteiger partial charge is 0.172 e. The van der Waals surface area contributed by atoms with E-state index in [1.165, 1.54) is 0 Å². The van der Waals surface area contributed by atoms with E-state index in [1.807, 2.05) is 49.5 Å². The minimum Gasteiger partial charge on any atom is -0.504 e. The van der Waals surface area contributed by atoms with Gasteiger partial charge >= 0.3 is 0 Å². The largest absolute Gasteiger partial charge is 0.504 e. The molecule has 0 radical (unpaired) electrons. The highest BCUT2D eigenvalue weighted by Gasteiger charge is 2.23. The third kappa shape index (κ3) is 4.40. The lowest BCUT2D eigenvalue weighted by atomic mass is 10.1. The summed E-state index contributed by atoms with van der Waals surface area (Å²) in [6, 6.07) is -0.117. The summed E-state index contributed by atoms with van der Waals surface area (Å²) in [4.78, 5) is 4.71. The molecule has 0 saturated carbocycles. The third-order valence-corrected chi connectivity index (χ3v) is 4.53. The lowest BCUT2D eigenvalue weighted by Gasteiger charge is -2.15. The van der Waals surface area contributed by atoms with Crippen LogP contribution in [0.1, 0.15) is 31.2 Å². The van der Waals surface area contributed by atoms with E-state index in [-0.39, 0.29) is 18.4 Å². The molecule has 146 valence electrons. The van der Waals surface area contributed by atoms with Gasteiger partial charge in [0.05, 0.1) is 12.6 Å². The molecular formula is C22H26N4O2. The maximum absolute atomic E-state index is 11.0. The molecule has 6 nitrogen and oxygen atoms in total. The average molecular weight is 378 g/mol. The van der Waals surface area contributed by atoms with Gasteiger partial charge in [0.2, 0.25) is 0 Å². The molecule has 28 heavy (non-hydrogen) atoms. The number of allylic oxidation sites excluding steroid dienone is 8. The second-order valence-corrected chi connectivity index (χ2v) is 6.84. The standard InChI is InChI=1S/C22H26N4O2/c1-15-9-8-10-17(14-27)13-16(2)24-22(23-15)20-21(28)19(25-26(20)3)18-11-6-4-5-7-12-18/h4-9,11,13,15,27-28H,2,10,12,14H2,1,3H3,(H,23,24)/b9-8-,17-13+. The van der Waals surface area contributed by atoms with Crippen molar-refractivity contribution in [3.8, 4) is 5.75 Å². The summed E-state index contributed by atoms with van der Waals surface area (Å²) in [5.41, 5.74) is 3.40. The summed E-state index contributed by atoms with van der Waals surface area (Å²) in [7, 11) is 1.78. The molecular weight excluding hydrogens is 352 g/mol. The van der Waals surface area contributed by atoms with E-state index in [9.17, 15) is 10.2 Å². The molecule has 1 atom stereocenters. The number of amidine groups is 1. The SMILES string of the molecule is C=C1/C=C(/CO)C/C=C\C(C)N=C(c2c(O)c(C3=CC=CC=CC3)nn2C)N1. The van der Waals surface area contributed by atoms with E-state index in [4.69, 9.17) is 4.99 Å². The Morgan fingerprint density at radius 3 is 2.86 bits per heavy atom. The van der Waals surface area contributed by atoms with Crippen LogP contribution >= 0.6 is 0 Å². The topological polar surface area (TPSA) is 82.7 Å². The predicted molar refractivity (Wildman–Crippen MR) is 113 cm³/mol. The molecule has 0 spiro atoms. The molecule has 3 N–H and O–H groups in total. The second kappa shape index (κ2) is 8.71. The Labute approximate surface area is 165 Å². The van der Waals surface area contributed by atoms with Crippen LogP contribution in [0.3, 0.4) is 0 Å². The highest BCUT2D eigenvalue weighted by molar-refractivity contribution is 6.02. The zero-order valence-corrected chi connectivity index (χ0v) is 16.3. The number of nitrogens with zero attached hydrogens (tertiary/aromatic N) is 3. The van der Waals surface area contributed by atoms with E-state index < -0.39 is 0 Å². The molecule has 1 aromatic heterocycles. The quantitative estimate of drug-likeness (QED) is 0.706. The van der Waals surface area contributed by atoms with Crippen LogP contribution in [0.25, 0.3) is 5.57 Å². The van der Waals surface area contributed by atoms with Gasteiger partial charge in [-0.25, -0.2) is 0 Å². The van der Waals surface area contributed by atoms with Crippen LogP contribution < -0.4 is 5.32 Å². The normalized spacial score (nSPS) is 23.2. The van der Waals surface area contributed by atoms with Crippen molar-refractivity contribution < 1.29 is 10.2 Å². The van der Waals surface area contributed by atoms with Crippen LogP contribution in [0.5, 0.6) is 5.75 Å². The van der Waals surface area contributed by atoms with E-state index in [0.29, 0.717) is 35.8 Å². The van der Waals surface area contributed by atoms with Gasteiger partial charge in [-0.3, -0.25) is 9.67 Å². The fraction of sp³-hybridized carbons (Fsp3) is 0.273. The first-order chi connectivity index (χ1) is 13.5. The van der Waals surface area contributed by atoms with Gasteiger partial charge in [0, 0.05) is 12.7 Å². The molecule has 1 aromatic rings. The molecule has 1 unspecified atom stereocenters. The molecule has 0 fully saturated rings. The van der Waals surface area contributed by atoms with Gasteiger partial charge in [-0.15, -0.1) is 0 Å². The van der Waals surface area contributed by atoms with Crippen molar-refractivity contribution >= 4 is 11.4 Å². The minimum atomic E-state index is -0.117. The Kier molecular flexibility index (Phi) is 6.11. The monoisotopic (exact) mass is 378 g/mol. The molecule has 0 saturated heterocycles. The van der Waals surface area contributed by atoms with Gasteiger partial charge in [-0.05, 0) is 37.0 Å². The zero-order valence-electron chi connectivity index (χ0n) is 16.3. The first-order valence-corrected chi connectivity index (χ1v) is 9.29. The molecule has 1 aliphatic carbocycles. The molecule has 0 aromatic carbocycles. The molecule has 0 bridgehead atoms. The van der Waals surface area contributed by atoms with Crippen LogP contribution in [0, 0.1) is 0 Å². The number of aromatic hydroxyl groups is 1. The highest BCUT2D eigenvalue weighted by Crippen LogP contribution is 2.31. The van der Waals surface area contributed by atoms with Crippen LogP contribution in [-0.4, -0.2) is 38.5 Å². The van der Waals surface area contributed by atoms with Crippen molar-refractivity contribution in [2.45, 2.75) is 25.8 Å². The number of nitrogens with one attached hydrogen (secondary N) is 1. The molecule has 2 heterocycles. The Morgan fingerprint density at radius 1 is 1.25 bits per heavy atom. The van der Waals surface area contributed by atoms with Crippen LogP contribution in [0.2, 0.25) is 0 Å². The lowest BCUT2D eigenvalue weighted by Crippen LogP contribution is -2.27. The fourth-order valence-electron chi connectivity index (χ4n) is 3.17. The van der Waals surface area contributed by atoms with Gasteiger partial charge in [-0.2, -0.15) is 5.10 Å². The number of aliphatic hydroxyl groups excluding tert-OH is 1. The van der Waals surface area contributed by atoms with E-state index in [0.717, 1.165) is 11.1 Å². The van der Waals surface area contributed by atoms with Crippen LogP contribution in [0.15, 0.2) is 71.4 Å². The Bertz CT molecular complexity index is 942. The summed E-state index contributed by atoms with van der Waals surface area (Å²) in [6.45, 7) is 5.93. The third-order valence-electron chi connectivity index (χ3n) is 4.53. The van der Waals surface area contributed by atoms with E-state index >= 15 is 0 Å². The van der Waals surface area contributed by atoms with E-state index in [2.05, 4.69) is 17.0 Å². The predicted octanol–water partition coefficient (Wildman–Crippen LogP) is 3.14. The average Bonchev–Trinajstić information content (AvgIpc) is 2.83. The number of aliphatic imine (C=N–C) groups is 1. The number of aliphatic hydroxyl groups is 1. The second-order valence-electron chi connectivity index (χ2n) is 6.84. The number of hydrogen-bond donors (Lipinski definition) is 3. The summed E-state index contributed by atoms with van der Waals surface area (Å²) in [5, 5.41) is 28.2. The Balaban J connectivity index is 2.04. The number of rotatable bonds is 3. The Morgan fingerprint density at radius 2 is 2.07 bits per heavy atom. The van der Waals surface area contributed by atoms with Crippen LogP contribution in [-0.2, 0) is 7.05 Å². The van der Waals surface area contributed by atoms with Crippen molar-refractivity contribution in [2.24, 2.45) is 12.0 Å². The minimum absolute atomic E-state index is 0.0395. The van der Waals surface area contributed by atoms with Gasteiger partial charge < -0.3 is 15.5 Å².